The van der Waals surface area contributed by atoms with Crippen LogP contribution < -0.4 is 0 Å². The molecule has 4 bridgehead atoms. The van der Waals surface area contributed by atoms with Crippen molar-refractivity contribution >= 4 is 41.5 Å². The van der Waals surface area contributed by atoms with Crippen LogP contribution in [-0.4, -0.2) is 27.5 Å². The van der Waals surface area contributed by atoms with Gasteiger partial charge in [-0.2, -0.15) is 10.0 Å². The van der Waals surface area contributed by atoms with Crippen molar-refractivity contribution in [2.24, 2.45) is 23.7 Å². The van der Waals surface area contributed by atoms with Crippen LogP contribution in [0.5, 0.6) is 0 Å². The highest BCUT2D eigenvalue weighted by Crippen LogP contribution is 2.72. The number of thiophene rings is 1. The van der Waals surface area contributed by atoms with Gasteiger partial charge in [0.15, 0.2) is 17.5 Å². The molecule has 3 heterocycles. The van der Waals surface area contributed by atoms with Crippen molar-refractivity contribution in [2.75, 3.05) is 12.5 Å². The molecule has 0 N–H and O–H groups in total. The Morgan fingerprint density at radius 3 is 1.79 bits per heavy atom. The molecule has 4 saturated carbocycles. The largest absolute Gasteiger partial charge is 0.208 e. The summed E-state index contributed by atoms with van der Waals surface area (Å²) in [6, 6.07) is 65.9. The first kappa shape index (κ1) is 39.3. The lowest BCUT2D eigenvalue weighted by molar-refractivity contribution is -0.0397. The van der Waals surface area contributed by atoms with Gasteiger partial charge in [0.2, 0.25) is 0 Å². The Hall–Kier alpha value is -6.66. The molecule has 1 aliphatic heterocycles. The second-order valence-corrected chi connectivity index (χ2v) is 25.3. The van der Waals surface area contributed by atoms with Crippen LogP contribution in [0.15, 0.2) is 186 Å². The topological polar surface area (TPSA) is 38.7 Å². The van der Waals surface area contributed by atoms with E-state index in [-0.39, 0.29) is 5.41 Å². The van der Waals surface area contributed by atoms with Crippen molar-refractivity contribution < 1.29 is 0 Å². The average molecular weight is 912 g/mol. The first-order valence-corrected chi connectivity index (χ1v) is 27.8. The Kier molecular flexibility index (Phi) is 8.35. The van der Waals surface area contributed by atoms with Gasteiger partial charge in [-0.15, -0.1) is 11.3 Å². The molecule has 5 heteroatoms. The van der Waals surface area contributed by atoms with Crippen molar-refractivity contribution in [3.05, 3.63) is 187 Å². The minimum absolute atomic E-state index is 0.0542. The zero-order valence-electron chi connectivity index (χ0n) is 38.2. The molecule has 6 aliphatic rings. The molecular formula is C63H49N3S2. The lowest BCUT2D eigenvalue weighted by atomic mass is 9.42. The fourth-order valence-corrected chi connectivity index (χ4v) is 18.0. The summed E-state index contributed by atoms with van der Waals surface area (Å²) in [6.07, 6.45) is 11.7. The van der Waals surface area contributed by atoms with Crippen molar-refractivity contribution in [3.63, 3.8) is 0 Å². The van der Waals surface area contributed by atoms with Crippen LogP contribution in [0.3, 0.4) is 0 Å². The number of hydrogen-bond acceptors (Lipinski definition) is 4. The lowest BCUT2D eigenvalue weighted by Gasteiger charge is -2.61. The minimum Gasteiger partial charge on any atom is -0.208 e. The minimum atomic E-state index is -1.26. The van der Waals surface area contributed by atoms with Gasteiger partial charge in [0.05, 0.1) is 0 Å². The third-order valence-electron chi connectivity index (χ3n) is 17.0. The molecule has 2 aromatic heterocycles. The van der Waals surface area contributed by atoms with Crippen molar-refractivity contribution in [1.82, 2.24) is 15.0 Å². The number of fused-ring (bicyclic) bond motifs is 9. The van der Waals surface area contributed by atoms with E-state index in [4.69, 9.17) is 15.0 Å². The molecule has 4 fully saturated rings. The number of aromatic nitrogens is 3. The van der Waals surface area contributed by atoms with Gasteiger partial charge < -0.3 is 0 Å². The van der Waals surface area contributed by atoms with E-state index in [9.17, 15) is 0 Å². The molecule has 0 amide bonds. The second-order valence-electron chi connectivity index (χ2n) is 20.7. The van der Waals surface area contributed by atoms with Gasteiger partial charge in [0.1, 0.15) is 0 Å². The van der Waals surface area contributed by atoms with E-state index in [2.05, 4.69) is 188 Å². The van der Waals surface area contributed by atoms with Crippen molar-refractivity contribution in [2.45, 2.75) is 47.3 Å². The van der Waals surface area contributed by atoms with E-state index in [1.165, 1.54) is 112 Å². The smallest absolute Gasteiger partial charge is 0.164 e. The molecule has 328 valence electrons. The van der Waals surface area contributed by atoms with E-state index in [0.717, 1.165) is 34.4 Å². The highest BCUT2D eigenvalue weighted by molar-refractivity contribution is 8.33. The molecule has 0 atom stereocenters. The van der Waals surface area contributed by atoms with Crippen molar-refractivity contribution in [1.29, 1.82) is 0 Å². The Morgan fingerprint density at radius 2 is 1.00 bits per heavy atom. The highest BCUT2D eigenvalue weighted by Gasteiger charge is 2.62. The summed E-state index contributed by atoms with van der Waals surface area (Å²) in [5, 5.41) is 2.62. The van der Waals surface area contributed by atoms with Crippen LogP contribution in [0.25, 0.3) is 98.8 Å². The van der Waals surface area contributed by atoms with Crippen LogP contribution in [-0.2, 0) is 5.41 Å². The molecule has 1 spiro atoms. The summed E-state index contributed by atoms with van der Waals surface area (Å²) in [4.78, 5) is 19.3. The van der Waals surface area contributed by atoms with Crippen LogP contribution >= 0.6 is 21.4 Å². The zero-order valence-corrected chi connectivity index (χ0v) is 39.9. The van der Waals surface area contributed by atoms with E-state index in [1.807, 2.05) is 11.3 Å². The SMILES string of the molecule is CS1(C)c2ccccc2-c2ccc(-c3c(-c4nc(-c5ccccc5)nc(-c5ccc(-c6ccc7sc8ccccc8c7c6)cc5)n4)ccc4c3C3(c5ccccc5-4)C4CC5CC(C4)CC3C5)cc21. The predicted octanol–water partition coefficient (Wildman–Crippen LogP) is 16.8. The third kappa shape index (κ3) is 5.52. The quantitative estimate of drug-likeness (QED) is 0.173. The van der Waals surface area contributed by atoms with Gasteiger partial charge in [-0.05, 0) is 160 Å². The molecule has 68 heavy (non-hydrogen) atoms. The second kappa shape index (κ2) is 14.4. The van der Waals surface area contributed by atoms with Gasteiger partial charge in [-0.3, -0.25) is 0 Å². The maximum atomic E-state index is 5.57. The predicted molar refractivity (Wildman–Crippen MR) is 285 cm³/mol. The number of nitrogens with zero attached hydrogens (tertiary/aromatic N) is 3. The van der Waals surface area contributed by atoms with Gasteiger partial charge in [0, 0.05) is 52.1 Å². The zero-order chi connectivity index (χ0) is 44.9. The summed E-state index contributed by atoms with van der Waals surface area (Å²) in [6.45, 7) is 0. The van der Waals surface area contributed by atoms with Crippen LogP contribution in [0.4, 0.5) is 0 Å². The van der Waals surface area contributed by atoms with E-state index >= 15 is 0 Å². The van der Waals surface area contributed by atoms with Crippen molar-refractivity contribution in [3.8, 4) is 78.7 Å². The Bertz CT molecular complexity index is 3710. The third-order valence-corrected chi connectivity index (χ3v) is 21.1. The van der Waals surface area contributed by atoms with Gasteiger partial charge >= 0.3 is 0 Å². The molecule has 10 aromatic rings. The van der Waals surface area contributed by atoms with Crippen LogP contribution in [0.1, 0.15) is 43.2 Å². The summed E-state index contributed by atoms with van der Waals surface area (Å²) < 4.78 is 2.64. The molecule has 0 saturated heterocycles. The first-order chi connectivity index (χ1) is 33.4. The summed E-state index contributed by atoms with van der Waals surface area (Å²) in [5.41, 5.74) is 16.7. The molecule has 5 aliphatic carbocycles. The molecular weight excluding hydrogens is 863 g/mol. The van der Waals surface area contributed by atoms with Gasteiger partial charge in [-0.25, -0.2) is 15.0 Å². The molecule has 8 aromatic carbocycles. The molecule has 0 unspecified atom stereocenters. The van der Waals surface area contributed by atoms with E-state index < -0.39 is 10.0 Å². The van der Waals surface area contributed by atoms with Gasteiger partial charge in [-0.1, -0.05) is 140 Å². The first-order valence-electron chi connectivity index (χ1n) is 24.5. The average Bonchev–Trinajstić information content (AvgIpc) is 3.98. The summed E-state index contributed by atoms with van der Waals surface area (Å²) >= 11 is 1.86. The maximum absolute atomic E-state index is 5.57. The molecule has 16 rings (SSSR count). The van der Waals surface area contributed by atoms with Crippen LogP contribution in [0.2, 0.25) is 0 Å². The number of hydrogen-bond donors (Lipinski definition) is 0. The van der Waals surface area contributed by atoms with E-state index in [1.54, 1.807) is 5.56 Å². The Labute approximate surface area is 403 Å². The highest BCUT2D eigenvalue weighted by atomic mass is 32.3. The monoisotopic (exact) mass is 911 g/mol. The fourth-order valence-electron chi connectivity index (χ4n) is 14.4. The maximum Gasteiger partial charge on any atom is 0.164 e. The fraction of sp³-hybridized carbons (Fsp3) is 0.190. The molecule has 0 radical (unpaired) electrons. The normalized spacial score (nSPS) is 22.6. The summed E-state index contributed by atoms with van der Waals surface area (Å²) in [7, 11) is -1.26. The number of rotatable bonds is 5. The van der Waals surface area contributed by atoms with Crippen LogP contribution in [0, 0.1) is 23.7 Å². The van der Waals surface area contributed by atoms with Gasteiger partial charge in [0.25, 0.3) is 0 Å². The number of benzene rings is 8. The summed E-state index contributed by atoms with van der Waals surface area (Å²) in [5.74, 6) is 5.03. The molecule has 3 nitrogen and oxygen atoms in total. The Morgan fingerprint density at radius 1 is 0.426 bits per heavy atom. The Balaban J connectivity index is 0.955. The van der Waals surface area contributed by atoms with E-state index in [0.29, 0.717) is 23.5 Å². The lowest BCUT2D eigenvalue weighted by Crippen LogP contribution is -2.55. The standard InChI is InChI=1S/C63H49N3S2/c1-68(2)56-19-11-8-16-48(56)49-26-24-43(36-57(49)68)58-51(28-27-50-46-14-6-9-17-53(46)63(59(50)58)44-31-37-30-38(33-44)34-45(63)32-37)62-65-60(40-12-4-3-5-13-40)64-61(66-62)41-22-20-39(21-23-41)42-25-29-55-52(35-42)47-15-7-10-18-54(47)67-55/h3-29,35-38,44-45H,30-34H2,1-2H3.